The topological polar surface area (TPSA) is 49.7 Å². The molecule has 1 aromatic rings. The zero-order valence-corrected chi connectivity index (χ0v) is 13.7. The maximum absolute atomic E-state index is 12.9. The molecule has 0 spiro atoms. The number of hydrogen-bond acceptors (Lipinski definition) is 4. The summed E-state index contributed by atoms with van der Waals surface area (Å²) in [5.74, 6) is 1.94. The summed E-state index contributed by atoms with van der Waals surface area (Å²) < 4.78 is 0. The molecule has 0 N–H and O–H groups in total. The summed E-state index contributed by atoms with van der Waals surface area (Å²) in [6.07, 6.45) is 3.72. The highest BCUT2D eigenvalue weighted by molar-refractivity contribution is 7.08. The lowest BCUT2D eigenvalue weighted by molar-refractivity contribution is -0.147. The zero-order chi connectivity index (χ0) is 15.5. The van der Waals surface area contributed by atoms with Crippen molar-refractivity contribution in [1.82, 2.24) is 5.01 Å². The molecular weight excluding hydrogens is 296 g/mol. The number of amides is 1. The Morgan fingerprint density at radius 3 is 2.86 bits per heavy atom. The zero-order valence-electron chi connectivity index (χ0n) is 12.9. The molecule has 0 saturated heterocycles. The van der Waals surface area contributed by atoms with E-state index in [4.69, 9.17) is 0 Å². The summed E-state index contributed by atoms with van der Waals surface area (Å²) >= 11 is 1.49. The highest BCUT2D eigenvalue weighted by Crippen LogP contribution is 2.61. The van der Waals surface area contributed by atoms with Gasteiger partial charge in [-0.25, -0.2) is 5.01 Å². The molecule has 116 valence electrons. The van der Waals surface area contributed by atoms with E-state index < -0.39 is 5.41 Å². The lowest BCUT2D eigenvalue weighted by Gasteiger charge is -2.58. The molecule has 3 aliphatic rings. The number of hydrogen-bond donors (Lipinski definition) is 0. The summed E-state index contributed by atoms with van der Waals surface area (Å²) in [5, 5.41) is 9.55. The Morgan fingerprint density at radius 1 is 1.50 bits per heavy atom. The number of thiophene rings is 1. The molecule has 1 aliphatic heterocycles. The van der Waals surface area contributed by atoms with Gasteiger partial charge in [0.05, 0.1) is 11.1 Å². The van der Waals surface area contributed by atoms with Gasteiger partial charge in [-0.05, 0) is 62.3 Å². The average molecular weight is 316 g/mol. The predicted octanol–water partition coefficient (Wildman–Crippen LogP) is 3.20. The first kappa shape index (κ1) is 14.1. The smallest absolute Gasteiger partial charge is 0.255 e. The largest absolute Gasteiger partial charge is 0.292 e. The molecule has 0 bridgehead atoms. The SMILES string of the molecule is CC1=NN(CC(=O)c2ccsc2)C(=O)C1(C)[C@@H]1CC2CC[C@H]21. The first-order chi connectivity index (χ1) is 10.5. The highest BCUT2D eigenvalue weighted by atomic mass is 32.1. The van der Waals surface area contributed by atoms with Crippen LogP contribution in [-0.4, -0.2) is 29.0 Å². The van der Waals surface area contributed by atoms with E-state index in [1.807, 2.05) is 24.6 Å². The molecule has 2 aliphatic carbocycles. The van der Waals surface area contributed by atoms with Crippen LogP contribution in [0.2, 0.25) is 0 Å². The molecule has 5 heteroatoms. The molecule has 2 heterocycles. The minimum atomic E-state index is -0.490. The Kier molecular flexibility index (Phi) is 3.05. The molecule has 0 aromatic carbocycles. The molecule has 1 aromatic heterocycles. The van der Waals surface area contributed by atoms with Gasteiger partial charge in [0.15, 0.2) is 5.78 Å². The van der Waals surface area contributed by atoms with E-state index in [2.05, 4.69) is 5.10 Å². The van der Waals surface area contributed by atoms with Crippen LogP contribution in [0.5, 0.6) is 0 Å². The van der Waals surface area contributed by atoms with Crippen molar-refractivity contribution < 1.29 is 9.59 Å². The van der Waals surface area contributed by atoms with Gasteiger partial charge in [-0.3, -0.25) is 9.59 Å². The molecule has 0 radical (unpaired) electrons. The summed E-state index contributed by atoms with van der Waals surface area (Å²) in [5.41, 5.74) is 1.06. The van der Waals surface area contributed by atoms with Crippen molar-refractivity contribution in [3.63, 3.8) is 0 Å². The van der Waals surface area contributed by atoms with Gasteiger partial charge in [0.2, 0.25) is 0 Å². The maximum atomic E-state index is 12.9. The van der Waals surface area contributed by atoms with Gasteiger partial charge >= 0.3 is 0 Å². The Labute approximate surface area is 134 Å². The number of hydrazone groups is 1. The van der Waals surface area contributed by atoms with Gasteiger partial charge in [0.1, 0.15) is 6.54 Å². The first-order valence-electron chi connectivity index (χ1n) is 7.95. The number of rotatable bonds is 4. The van der Waals surface area contributed by atoms with Gasteiger partial charge in [-0.2, -0.15) is 16.4 Å². The third-order valence-corrected chi connectivity index (χ3v) is 6.81. The number of nitrogens with zero attached hydrogens (tertiary/aromatic N) is 2. The second-order valence-corrected chi connectivity index (χ2v) is 7.81. The van der Waals surface area contributed by atoms with Crippen LogP contribution in [-0.2, 0) is 4.79 Å². The molecular formula is C17H20N2O2S. The molecule has 4 rings (SSSR count). The fourth-order valence-electron chi connectivity index (χ4n) is 4.32. The number of Topliss-reactive ketones (excluding diaryl/α,β-unsaturated/α-hetero) is 1. The van der Waals surface area contributed by atoms with Gasteiger partial charge in [0, 0.05) is 10.9 Å². The van der Waals surface area contributed by atoms with E-state index in [0.29, 0.717) is 17.4 Å². The summed E-state index contributed by atoms with van der Waals surface area (Å²) in [6, 6.07) is 1.80. The lowest BCUT2D eigenvalue weighted by Crippen LogP contribution is -2.56. The van der Waals surface area contributed by atoms with Crippen LogP contribution in [0.15, 0.2) is 21.9 Å². The summed E-state index contributed by atoms with van der Waals surface area (Å²) in [6.45, 7) is 4.03. The second-order valence-electron chi connectivity index (χ2n) is 7.03. The molecule has 2 unspecified atom stereocenters. The van der Waals surface area contributed by atoms with E-state index in [1.54, 1.807) is 6.07 Å². The Bertz CT molecular complexity index is 666. The predicted molar refractivity (Wildman–Crippen MR) is 85.9 cm³/mol. The van der Waals surface area contributed by atoms with Crippen molar-refractivity contribution in [3.8, 4) is 0 Å². The van der Waals surface area contributed by atoms with E-state index in [1.165, 1.54) is 29.2 Å². The van der Waals surface area contributed by atoms with Crippen LogP contribution in [0.4, 0.5) is 0 Å². The van der Waals surface area contributed by atoms with E-state index in [9.17, 15) is 9.59 Å². The van der Waals surface area contributed by atoms with Crippen molar-refractivity contribution in [1.29, 1.82) is 0 Å². The summed E-state index contributed by atoms with van der Waals surface area (Å²) in [7, 11) is 0. The van der Waals surface area contributed by atoms with Crippen LogP contribution in [0.25, 0.3) is 0 Å². The molecule has 2 fully saturated rings. The maximum Gasteiger partial charge on any atom is 0.255 e. The number of ketones is 1. The Morgan fingerprint density at radius 2 is 2.32 bits per heavy atom. The minimum absolute atomic E-state index is 0.0175. The van der Waals surface area contributed by atoms with Crippen molar-refractivity contribution in [2.45, 2.75) is 33.1 Å². The lowest BCUT2D eigenvalue weighted by atomic mass is 9.46. The second kappa shape index (κ2) is 4.75. The van der Waals surface area contributed by atoms with Gasteiger partial charge in [-0.15, -0.1) is 0 Å². The normalized spacial score (nSPS) is 36.5. The standard InChI is InChI=1S/C17H20N2O2S/c1-10-17(2,14-7-11-3-4-13(11)14)16(21)19(18-10)8-15(20)12-5-6-22-9-12/h5-6,9,11,13-14H,3-4,7-8H2,1-2H3/t11?,13-,14-,17?/m1/s1. The minimum Gasteiger partial charge on any atom is -0.292 e. The van der Waals surface area contributed by atoms with E-state index >= 15 is 0 Å². The monoisotopic (exact) mass is 316 g/mol. The fourth-order valence-corrected chi connectivity index (χ4v) is 4.98. The van der Waals surface area contributed by atoms with Gasteiger partial charge in [0.25, 0.3) is 5.91 Å². The first-order valence-corrected chi connectivity index (χ1v) is 8.89. The molecule has 22 heavy (non-hydrogen) atoms. The third kappa shape index (κ3) is 1.78. The third-order valence-electron chi connectivity index (χ3n) is 6.13. The Balaban J connectivity index is 1.52. The quantitative estimate of drug-likeness (QED) is 0.801. The number of carbonyl (C=O) groups is 2. The van der Waals surface area contributed by atoms with Crippen molar-refractivity contribution in [3.05, 3.63) is 22.4 Å². The van der Waals surface area contributed by atoms with Crippen molar-refractivity contribution in [2.24, 2.45) is 28.3 Å². The van der Waals surface area contributed by atoms with Crippen molar-refractivity contribution in [2.75, 3.05) is 6.54 Å². The molecule has 1 amide bonds. The fraction of sp³-hybridized carbons (Fsp3) is 0.588. The molecule has 4 atom stereocenters. The number of carbonyl (C=O) groups excluding carboxylic acids is 2. The van der Waals surface area contributed by atoms with Crippen LogP contribution in [0.1, 0.15) is 43.5 Å². The van der Waals surface area contributed by atoms with Crippen LogP contribution in [0, 0.1) is 23.2 Å². The van der Waals surface area contributed by atoms with Crippen LogP contribution in [0.3, 0.4) is 0 Å². The van der Waals surface area contributed by atoms with Gasteiger partial charge in [-0.1, -0.05) is 0 Å². The average Bonchev–Trinajstić information content (AvgIpc) is 3.07. The molecule has 4 nitrogen and oxygen atoms in total. The van der Waals surface area contributed by atoms with Crippen LogP contribution < -0.4 is 0 Å². The van der Waals surface area contributed by atoms with E-state index in [-0.39, 0.29) is 18.2 Å². The number of fused-ring (bicyclic) bond motifs is 1. The van der Waals surface area contributed by atoms with Crippen molar-refractivity contribution >= 4 is 28.7 Å². The van der Waals surface area contributed by atoms with Crippen LogP contribution >= 0.6 is 11.3 Å². The highest BCUT2D eigenvalue weighted by Gasteiger charge is 2.61. The van der Waals surface area contributed by atoms with E-state index in [0.717, 1.165) is 18.1 Å². The van der Waals surface area contributed by atoms with Gasteiger partial charge < -0.3 is 0 Å². The summed E-state index contributed by atoms with van der Waals surface area (Å²) in [4.78, 5) is 25.2. The Hall–Kier alpha value is -1.49. The molecule has 2 saturated carbocycles.